The van der Waals surface area contributed by atoms with Crippen molar-refractivity contribution in [3.05, 3.63) is 83.7 Å². The monoisotopic (exact) mass is 535 g/mol. The highest BCUT2D eigenvalue weighted by molar-refractivity contribution is 7.89. The van der Waals surface area contributed by atoms with Gasteiger partial charge in [0.05, 0.1) is 12.0 Å². The van der Waals surface area contributed by atoms with E-state index in [4.69, 9.17) is 9.47 Å². The second kappa shape index (κ2) is 10.7. The van der Waals surface area contributed by atoms with Gasteiger partial charge in [-0.3, -0.25) is 0 Å². The first-order valence-electron chi connectivity index (χ1n) is 12.3. The summed E-state index contributed by atoms with van der Waals surface area (Å²) in [5, 5.41) is 3.25. The Morgan fingerprint density at radius 3 is 2.68 bits per heavy atom. The first-order chi connectivity index (χ1) is 17.8. The van der Waals surface area contributed by atoms with Gasteiger partial charge in [0, 0.05) is 17.8 Å². The number of fused-ring (bicyclic) bond motifs is 1. The minimum Gasteiger partial charge on any atom is -0.479 e. The van der Waals surface area contributed by atoms with Crippen LogP contribution in [0.3, 0.4) is 0 Å². The molecule has 37 heavy (non-hydrogen) atoms. The lowest BCUT2D eigenvalue weighted by Gasteiger charge is -2.32. The first kappa shape index (κ1) is 25.4. The van der Waals surface area contributed by atoms with Gasteiger partial charge in [-0.2, -0.15) is 4.31 Å². The summed E-state index contributed by atoms with van der Waals surface area (Å²) in [6.45, 7) is 2.52. The van der Waals surface area contributed by atoms with E-state index in [0.29, 0.717) is 23.7 Å². The molecule has 192 valence electrons. The average Bonchev–Trinajstić information content (AvgIpc) is 3.41. The highest BCUT2D eigenvalue weighted by Gasteiger charge is 2.31. The number of carbonyl (C=O) groups excluding carboxylic acids is 1. The van der Waals surface area contributed by atoms with E-state index < -0.39 is 22.1 Å². The van der Waals surface area contributed by atoms with Gasteiger partial charge in [0.25, 0.3) is 0 Å². The number of methoxy groups -OCH3 is 1. The largest absolute Gasteiger partial charge is 0.479 e. The van der Waals surface area contributed by atoms with E-state index in [9.17, 15) is 13.2 Å². The molecule has 4 aromatic rings. The minimum atomic E-state index is -3.67. The Kier molecular flexibility index (Phi) is 7.33. The van der Waals surface area contributed by atoms with Crippen LogP contribution in [0, 0.1) is 0 Å². The molecule has 0 aliphatic carbocycles. The molecule has 3 aromatic carbocycles. The third-order valence-corrected chi connectivity index (χ3v) is 9.56. The van der Waals surface area contributed by atoms with Crippen LogP contribution in [0.2, 0.25) is 0 Å². The van der Waals surface area contributed by atoms with Gasteiger partial charge in [-0.05, 0) is 89.5 Å². The molecule has 0 amide bonds. The molecule has 0 N–H and O–H groups in total. The van der Waals surface area contributed by atoms with Crippen LogP contribution in [-0.4, -0.2) is 45.0 Å². The maximum atomic E-state index is 13.7. The van der Waals surface area contributed by atoms with Crippen LogP contribution in [0.1, 0.15) is 31.2 Å². The number of benzene rings is 3. The van der Waals surface area contributed by atoms with Crippen molar-refractivity contribution in [2.75, 3.05) is 20.2 Å². The van der Waals surface area contributed by atoms with Gasteiger partial charge in [-0.15, -0.1) is 11.3 Å². The number of rotatable bonds is 7. The highest BCUT2D eigenvalue weighted by atomic mass is 32.2. The molecule has 5 rings (SSSR count). The van der Waals surface area contributed by atoms with Crippen LogP contribution in [0.4, 0.5) is 0 Å². The van der Waals surface area contributed by atoms with Crippen LogP contribution >= 0.6 is 11.3 Å². The quantitative estimate of drug-likeness (QED) is 0.268. The Bertz CT molecular complexity index is 1530. The predicted octanol–water partition coefficient (Wildman–Crippen LogP) is 6.08. The van der Waals surface area contributed by atoms with Crippen molar-refractivity contribution in [3.8, 4) is 16.9 Å². The lowest BCUT2D eigenvalue weighted by atomic mass is 9.91. The molecule has 0 radical (unpaired) electrons. The molecule has 2 heterocycles. The van der Waals surface area contributed by atoms with Crippen LogP contribution in [0.15, 0.2) is 83.1 Å². The van der Waals surface area contributed by atoms with E-state index in [0.717, 1.165) is 29.5 Å². The number of sulfonamides is 1. The summed E-state index contributed by atoms with van der Waals surface area (Å²) in [6.07, 6.45) is 0.918. The fraction of sp³-hybridized carbons (Fsp3) is 0.276. The molecule has 0 saturated carbocycles. The molecular formula is C29H29NO5S2. The molecule has 6 nitrogen and oxygen atoms in total. The van der Waals surface area contributed by atoms with Gasteiger partial charge in [-0.1, -0.05) is 36.4 Å². The molecule has 2 unspecified atom stereocenters. The first-order valence-corrected chi connectivity index (χ1v) is 14.6. The predicted molar refractivity (Wildman–Crippen MR) is 147 cm³/mol. The summed E-state index contributed by atoms with van der Waals surface area (Å²) in [7, 11) is -2.34. The summed E-state index contributed by atoms with van der Waals surface area (Å²) in [5.74, 6) is 0.147. The van der Waals surface area contributed by atoms with Gasteiger partial charge in [0.1, 0.15) is 5.75 Å². The summed E-state index contributed by atoms with van der Waals surface area (Å²) in [6, 6.07) is 23.0. The summed E-state index contributed by atoms with van der Waals surface area (Å²) in [4.78, 5) is 12.0. The average molecular weight is 536 g/mol. The molecule has 1 saturated heterocycles. The van der Waals surface area contributed by atoms with E-state index in [1.165, 1.54) is 17.2 Å². The van der Waals surface area contributed by atoms with Gasteiger partial charge in [0.15, 0.2) is 6.10 Å². The fourth-order valence-corrected chi connectivity index (χ4v) is 7.21. The number of esters is 1. The maximum Gasteiger partial charge on any atom is 0.346 e. The van der Waals surface area contributed by atoms with E-state index in [2.05, 4.69) is 23.6 Å². The van der Waals surface area contributed by atoms with Crippen molar-refractivity contribution in [2.45, 2.75) is 36.7 Å². The van der Waals surface area contributed by atoms with Gasteiger partial charge < -0.3 is 9.47 Å². The Balaban J connectivity index is 1.36. The number of ether oxygens (including phenoxy) is 2. The lowest BCUT2D eigenvalue weighted by Crippen LogP contribution is -2.39. The van der Waals surface area contributed by atoms with Crippen molar-refractivity contribution < 1.29 is 22.7 Å². The molecule has 0 bridgehead atoms. The molecule has 8 heteroatoms. The van der Waals surface area contributed by atoms with E-state index in [1.807, 2.05) is 36.4 Å². The number of hydrogen-bond donors (Lipinski definition) is 0. The van der Waals surface area contributed by atoms with Gasteiger partial charge >= 0.3 is 5.97 Å². The van der Waals surface area contributed by atoms with Crippen molar-refractivity contribution in [2.24, 2.45) is 0 Å². The van der Waals surface area contributed by atoms with Crippen LogP contribution < -0.4 is 4.74 Å². The summed E-state index contributed by atoms with van der Waals surface area (Å²) >= 11 is 1.67. The number of thiophene rings is 1. The summed E-state index contributed by atoms with van der Waals surface area (Å²) in [5.41, 5.74) is 2.88. The third kappa shape index (κ3) is 5.42. The van der Waals surface area contributed by atoms with Gasteiger partial charge in [0.2, 0.25) is 10.0 Å². The van der Waals surface area contributed by atoms with Crippen LogP contribution in [0.25, 0.3) is 21.2 Å². The molecule has 1 aliphatic rings. The van der Waals surface area contributed by atoms with Crippen molar-refractivity contribution in [3.63, 3.8) is 0 Å². The SMILES string of the molecule is COC(=O)C(C)Oc1cccc(C2CCCN(S(=O)(=O)c3cccc(-c4ccc5ccsc5c4)c3)C2)c1. The molecule has 1 fully saturated rings. The van der Waals surface area contributed by atoms with E-state index in [1.54, 1.807) is 40.8 Å². The lowest BCUT2D eigenvalue weighted by molar-refractivity contribution is -0.147. The fourth-order valence-electron chi connectivity index (χ4n) is 4.81. The number of hydrogen-bond acceptors (Lipinski definition) is 6. The molecule has 2 atom stereocenters. The number of piperidine rings is 1. The Morgan fingerprint density at radius 2 is 1.84 bits per heavy atom. The van der Waals surface area contributed by atoms with E-state index >= 15 is 0 Å². The van der Waals surface area contributed by atoms with Crippen LogP contribution in [0.5, 0.6) is 5.75 Å². The number of nitrogens with zero attached hydrogens (tertiary/aromatic N) is 1. The Morgan fingerprint density at radius 1 is 1.03 bits per heavy atom. The normalized spacial score (nSPS) is 17.4. The zero-order valence-electron chi connectivity index (χ0n) is 20.8. The van der Waals surface area contributed by atoms with Crippen molar-refractivity contribution in [1.82, 2.24) is 4.31 Å². The maximum absolute atomic E-state index is 13.7. The number of carbonyl (C=O) groups is 1. The van der Waals surface area contributed by atoms with Crippen molar-refractivity contribution >= 4 is 37.4 Å². The smallest absolute Gasteiger partial charge is 0.346 e. The Hall–Kier alpha value is -3.20. The standard InChI is InChI=1S/C29H29NO5S2/c1-20(29(31)34-2)35-26-9-3-6-22(16-26)25-8-5-14-30(19-25)37(32,33)27-10-4-7-23(17-27)24-12-11-21-13-15-36-28(21)18-24/h3-4,6-7,9-13,15-18,20,25H,5,8,14,19H2,1-2H3. The van der Waals surface area contributed by atoms with Crippen molar-refractivity contribution in [1.29, 1.82) is 0 Å². The minimum absolute atomic E-state index is 0.0323. The molecule has 0 spiro atoms. The van der Waals surface area contributed by atoms with E-state index in [-0.39, 0.29) is 5.92 Å². The second-order valence-corrected chi connectivity index (χ2v) is 12.1. The molecule has 1 aliphatic heterocycles. The molecule has 1 aromatic heterocycles. The second-order valence-electron chi connectivity index (χ2n) is 9.26. The topological polar surface area (TPSA) is 72.9 Å². The Labute approximate surface area is 221 Å². The van der Waals surface area contributed by atoms with Gasteiger partial charge in [-0.25, -0.2) is 13.2 Å². The van der Waals surface area contributed by atoms with Crippen LogP contribution in [-0.2, 0) is 19.6 Å². The zero-order valence-corrected chi connectivity index (χ0v) is 22.4. The highest BCUT2D eigenvalue weighted by Crippen LogP contribution is 2.34. The third-order valence-electron chi connectivity index (χ3n) is 6.82. The zero-order chi connectivity index (χ0) is 26.0. The summed E-state index contributed by atoms with van der Waals surface area (Å²) < 4.78 is 40.6. The molecular weight excluding hydrogens is 506 g/mol.